The predicted molar refractivity (Wildman–Crippen MR) is 70.8 cm³/mol. The lowest BCUT2D eigenvalue weighted by Crippen LogP contribution is -2.16. The van der Waals surface area contributed by atoms with Gasteiger partial charge in [0.2, 0.25) is 11.7 Å². The van der Waals surface area contributed by atoms with Gasteiger partial charge in [0.1, 0.15) is 6.61 Å². The average Bonchev–Trinajstić information content (AvgIpc) is 2.50. The zero-order valence-corrected chi connectivity index (χ0v) is 11.3. The molecule has 0 spiro atoms. The van der Waals surface area contributed by atoms with E-state index < -0.39 is 5.97 Å². The molecule has 0 radical (unpaired) electrons. The number of nitrogens with zero attached hydrogens (tertiary/aromatic N) is 2. The molecule has 0 aromatic carbocycles. The first-order valence-corrected chi connectivity index (χ1v) is 6.07. The van der Waals surface area contributed by atoms with Crippen LogP contribution < -0.4 is 4.74 Å². The van der Waals surface area contributed by atoms with Crippen LogP contribution in [0.3, 0.4) is 0 Å². The molecule has 20 heavy (non-hydrogen) atoms. The van der Waals surface area contributed by atoms with Gasteiger partial charge in [0.15, 0.2) is 6.61 Å². The van der Waals surface area contributed by atoms with Crippen molar-refractivity contribution in [1.29, 1.82) is 0 Å². The quantitative estimate of drug-likeness (QED) is 0.613. The molecular weight excluding hydrogens is 260 g/mol. The van der Waals surface area contributed by atoms with Gasteiger partial charge in [-0.2, -0.15) is 4.98 Å². The molecule has 0 saturated carbocycles. The van der Waals surface area contributed by atoms with Crippen molar-refractivity contribution in [3.63, 3.8) is 0 Å². The number of aromatic nitrogens is 2. The number of methoxy groups -OCH3 is 1. The summed E-state index contributed by atoms with van der Waals surface area (Å²) in [4.78, 5) is 19.9. The number of carbonyl (C=O) groups excluding carboxylic acids is 1. The molecule has 1 aromatic rings. The first kappa shape index (κ1) is 13.9. The van der Waals surface area contributed by atoms with Crippen LogP contribution in [-0.2, 0) is 16.1 Å². The molecule has 0 unspecified atom stereocenters. The number of esters is 1. The van der Waals surface area contributed by atoms with E-state index in [0.717, 1.165) is 5.57 Å². The molecule has 0 aliphatic carbocycles. The smallest absolute Gasteiger partial charge is 0.376 e. The van der Waals surface area contributed by atoms with Crippen molar-refractivity contribution in [2.24, 2.45) is 0 Å². The first-order chi connectivity index (χ1) is 9.71. The number of carbonyl (C=O) groups is 1. The highest BCUT2D eigenvalue weighted by atomic mass is 16.5. The second-order valence-corrected chi connectivity index (χ2v) is 3.97. The van der Waals surface area contributed by atoms with Crippen LogP contribution in [0.5, 0.6) is 5.88 Å². The van der Waals surface area contributed by atoms with Crippen LogP contribution in [0.4, 0.5) is 0 Å². The van der Waals surface area contributed by atoms with Crippen molar-refractivity contribution in [3.05, 3.63) is 23.3 Å². The van der Waals surface area contributed by atoms with Crippen LogP contribution in [0.15, 0.2) is 6.26 Å². The molecule has 2 rings (SSSR count). The standard InChI is InChI=1S/C14H14N2O4/c1-4-6-20-13-10-8-19-7-9(5-2)11(10)15-12(16-13)14(17)18-3/h1,7H,5-6,8H2,2-3H3. The summed E-state index contributed by atoms with van der Waals surface area (Å²) in [6, 6.07) is 0. The zero-order valence-electron chi connectivity index (χ0n) is 11.3. The second-order valence-electron chi connectivity index (χ2n) is 3.97. The first-order valence-electron chi connectivity index (χ1n) is 6.07. The minimum absolute atomic E-state index is 0.0508. The fraction of sp³-hybridized carbons (Fsp3) is 0.357. The lowest BCUT2D eigenvalue weighted by Gasteiger charge is -2.19. The highest BCUT2D eigenvalue weighted by molar-refractivity contribution is 5.86. The molecule has 0 bridgehead atoms. The number of rotatable bonds is 4. The zero-order chi connectivity index (χ0) is 14.5. The van der Waals surface area contributed by atoms with E-state index in [1.54, 1.807) is 6.26 Å². The Morgan fingerprint density at radius 2 is 2.35 bits per heavy atom. The number of hydrogen-bond donors (Lipinski definition) is 0. The largest absolute Gasteiger partial charge is 0.496 e. The number of ether oxygens (including phenoxy) is 3. The van der Waals surface area contributed by atoms with Crippen molar-refractivity contribution in [2.45, 2.75) is 20.0 Å². The van der Waals surface area contributed by atoms with E-state index in [1.165, 1.54) is 7.11 Å². The van der Waals surface area contributed by atoms with Gasteiger partial charge in [0.25, 0.3) is 0 Å². The van der Waals surface area contributed by atoms with Gasteiger partial charge in [-0.15, -0.1) is 6.42 Å². The van der Waals surface area contributed by atoms with E-state index in [2.05, 4.69) is 20.6 Å². The summed E-state index contributed by atoms with van der Waals surface area (Å²) in [7, 11) is 1.27. The molecule has 0 atom stereocenters. The summed E-state index contributed by atoms with van der Waals surface area (Å²) in [5.41, 5.74) is 2.19. The maximum Gasteiger partial charge on any atom is 0.376 e. The van der Waals surface area contributed by atoms with Gasteiger partial charge in [-0.3, -0.25) is 0 Å². The van der Waals surface area contributed by atoms with Crippen LogP contribution >= 0.6 is 0 Å². The lowest BCUT2D eigenvalue weighted by molar-refractivity contribution is 0.0584. The predicted octanol–water partition coefficient (Wildman–Crippen LogP) is 1.56. The van der Waals surface area contributed by atoms with Crippen LogP contribution in [-0.4, -0.2) is 29.7 Å². The van der Waals surface area contributed by atoms with Crippen LogP contribution in [0.1, 0.15) is 35.2 Å². The molecule has 1 aromatic heterocycles. The Hall–Kier alpha value is -2.55. The molecule has 0 saturated heterocycles. The Kier molecular flexibility index (Phi) is 4.20. The molecule has 1 aliphatic rings. The van der Waals surface area contributed by atoms with Crippen LogP contribution in [0.25, 0.3) is 5.57 Å². The molecule has 6 heteroatoms. The topological polar surface area (TPSA) is 70.5 Å². The molecule has 1 aliphatic heterocycles. The fourth-order valence-electron chi connectivity index (χ4n) is 1.80. The lowest BCUT2D eigenvalue weighted by atomic mass is 10.0. The van der Waals surface area contributed by atoms with Gasteiger partial charge in [0, 0.05) is 5.57 Å². The normalized spacial score (nSPS) is 12.6. The van der Waals surface area contributed by atoms with Crippen LogP contribution in [0.2, 0.25) is 0 Å². The van der Waals surface area contributed by atoms with E-state index in [9.17, 15) is 4.79 Å². The average molecular weight is 274 g/mol. The fourth-order valence-corrected chi connectivity index (χ4v) is 1.80. The number of allylic oxidation sites excluding steroid dienone is 1. The molecule has 6 nitrogen and oxygen atoms in total. The van der Waals surface area contributed by atoms with Gasteiger partial charge in [-0.25, -0.2) is 9.78 Å². The van der Waals surface area contributed by atoms with E-state index in [0.29, 0.717) is 17.7 Å². The molecular formula is C14H14N2O4. The van der Waals surface area contributed by atoms with Crippen molar-refractivity contribution in [2.75, 3.05) is 13.7 Å². The monoisotopic (exact) mass is 274 g/mol. The molecule has 0 N–H and O–H groups in total. The number of terminal acetylenes is 1. The summed E-state index contributed by atoms with van der Waals surface area (Å²) in [6.45, 7) is 2.29. The van der Waals surface area contributed by atoms with Gasteiger partial charge < -0.3 is 14.2 Å². The summed E-state index contributed by atoms with van der Waals surface area (Å²) in [6.07, 6.45) is 7.51. The molecule has 0 fully saturated rings. The summed E-state index contributed by atoms with van der Waals surface area (Å²) in [5, 5.41) is 0. The summed E-state index contributed by atoms with van der Waals surface area (Å²) >= 11 is 0. The highest BCUT2D eigenvalue weighted by Gasteiger charge is 2.24. The SMILES string of the molecule is C#CCOc1nc(C(=O)OC)nc2c1COC=C2CC. The van der Waals surface area contributed by atoms with Crippen LogP contribution in [0, 0.1) is 12.3 Å². The maximum atomic E-state index is 11.6. The third-order valence-electron chi connectivity index (χ3n) is 2.77. The summed E-state index contributed by atoms with van der Waals surface area (Å²) < 4.78 is 15.4. The van der Waals surface area contributed by atoms with Crippen molar-refractivity contribution in [3.8, 4) is 18.2 Å². The Balaban J connectivity index is 2.53. The third-order valence-corrected chi connectivity index (χ3v) is 2.77. The van der Waals surface area contributed by atoms with Gasteiger partial charge in [0.05, 0.1) is 24.6 Å². The van der Waals surface area contributed by atoms with Crippen molar-refractivity contribution < 1.29 is 19.0 Å². The van der Waals surface area contributed by atoms with E-state index in [4.69, 9.17) is 15.9 Å². The van der Waals surface area contributed by atoms with Gasteiger partial charge in [-0.1, -0.05) is 12.8 Å². The highest BCUT2D eigenvalue weighted by Crippen LogP contribution is 2.31. The molecule has 0 amide bonds. The molecule has 2 heterocycles. The minimum Gasteiger partial charge on any atom is -0.496 e. The third kappa shape index (κ3) is 2.57. The Bertz CT molecular complexity index is 602. The van der Waals surface area contributed by atoms with Gasteiger partial charge in [-0.05, 0) is 6.42 Å². The number of fused-ring (bicyclic) bond motifs is 1. The minimum atomic E-state index is -0.625. The number of hydrogen-bond acceptors (Lipinski definition) is 6. The van der Waals surface area contributed by atoms with E-state index >= 15 is 0 Å². The van der Waals surface area contributed by atoms with E-state index in [-0.39, 0.29) is 24.9 Å². The Morgan fingerprint density at radius 1 is 1.55 bits per heavy atom. The Labute approximate surface area is 116 Å². The Morgan fingerprint density at radius 3 is 3.00 bits per heavy atom. The summed E-state index contributed by atoms with van der Waals surface area (Å²) in [5.74, 6) is 1.93. The van der Waals surface area contributed by atoms with Gasteiger partial charge >= 0.3 is 5.97 Å². The van der Waals surface area contributed by atoms with E-state index in [1.807, 2.05) is 6.92 Å². The maximum absolute atomic E-state index is 11.6. The van der Waals surface area contributed by atoms with Crippen molar-refractivity contribution in [1.82, 2.24) is 9.97 Å². The molecule has 104 valence electrons. The van der Waals surface area contributed by atoms with Crippen molar-refractivity contribution >= 4 is 11.5 Å². The second kappa shape index (κ2) is 6.06.